The molecule has 2 aromatic carbocycles. The minimum absolute atomic E-state index is 0.0361. The lowest BCUT2D eigenvalue weighted by molar-refractivity contribution is -0.132. The van der Waals surface area contributed by atoms with Gasteiger partial charge in [0, 0.05) is 36.0 Å². The van der Waals surface area contributed by atoms with E-state index in [-0.39, 0.29) is 17.1 Å². The highest BCUT2D eigenvalue weighted by atomic mass is 35.5. The lowest BCUT2D eigenvalue weighted by Gasteiger charge is -2.27. The van der Waals surface area contributed by atoms with Crippen LogP contribution in [0.15, 0.2) is 66.0 Å². The summed E-state index contributed by atoms with van der Waals surface area (Å²) in [4.78, 5) is 28.3. The number of thiophene rings is 1. The van der Waals surface area contributed by atoms with Crippen LogP contribution in [0.5, 0.6) is 0 Å². The number of carbonyl (C=O) groups excluding carboxylic acids is 2. The number of rotatable bonds is 8. The minimum Gasteiger partial charge on any atom is -0.355 e. The number of hydrogen-bond acceptors (Lipinski definition) is 4. The number of hydrogen-bond donors (Lipinski definition) is 1. The molecule has 0 radical (unpaired) electrons. The molecule has 0 aliphatic carbocycles. The summed E-state index contributed by atoms with van der Waals surface area (Å²) in [7, 11) is 0. The van der Waals surface area contributed by atoms with Gasteiger partial charge in [0.2, 0.25) is 11.8 Å². The molecule has 1 aliphatic rings. The molecule has 2 heterocycles. The molecule has 0 saturated carbocycles. The molecule has 1 N–H and O–H groups in total. The van der Waals surface area contributed by atoms with E-state index in [1.807, 2.05) is 47.4 Å². The third-order valence-corrected chi connectivity index (χ3v) is 8.06. The Kier molecular flexibility index (Phi) is 7.90. The van der Waals surface area contributed by atoms with Crippen LogP contribution in [-0.2, 0) is 22.6 Å². The van der Waals surface area contributed by atoms with Gasteiger partial charge in [-0.1, -0.05) is 54.1 Å². The van der Waals surface area contributed by atoms with E-state index in [0.717, 1.165) is 24.1 Å². The van der Waals surface area contributed by atoms with Crippen molar-refractivity contribution in [2.75, 3.05) is 18.8 Å². The smallest absolute Gasteiger partial charge is 0.230 e. The Morgan fingerprint density at radius 1 is 1.06 bits per heavy atom. The number of fused-ring (bicyclic) bond motifs is 1. The maximum Gasteiger partial charge on any atom is 0.230 e. The molecule has 2 amide bonds. The number of benzene rings is 2. The van der Waals surface area contributed by atoms with E-state index < -0.39 is 0 Å². The zero-order chi connectivity index (χ0) is 22.3. The quantitative estimate of drug-likeness (QED) is 0.471. The van der Waals surface area contributed by atoms with E-state index >= 15 is 0 Å². The van der Waals surface area contributed by atoms with E-state index in [1.165, 1.54) is 10.4 Å². The van der Waals surface area contributed by atoms with Crippen molar-refractivity contribution in [2.45, 2.75) is 24.6 Å². The SMILES string of the molecule is O=C(CSC(c1ccccc1)c1ccc(Cl)cc1)NCCC(=O)N1CCc2sccc2C1. The predicted molar refractivity (Wildman–Crippen MR) is 133 cm³/mol. The Labute approximate surface area is 202 Å². The highest BCUT2D eigenvalue weighted by Gasteiger charge is 2.21. The summed E-state index contributed by atoms with van der Waals surface area (Å²) in [6.07, 6.45) is 1.25. The average molecular weight is 485 g/mol. The fraction of sp³-hybridized carbons (Fsp3) is 0.280. The molecule has 4 rings (SSSR count). The highest BCUT2D eigenvalue weighted by molar-refractivity contribution is 8.00. The van der Waals surface area contributed by atoms with Crippen LogP contribution in [0.1, 0.15) is 33.2 Å². The van der Waals surface area contributed by atoms with E-state index in [2.05, 4.69) is 28.9 Å². The number of thioether (sulfide) groups is 1. The predicted octanol–water partition coefficient (Wildman–Crippen LogP) is 5.32. The Morgan fingerprint density at radius 3 is 2.59 bits per heavy atom. The molecule has 166 valence electrons. The molecule has 0 fully saturated rings. The zero-order valence-electron chi connectivity index (χ0n) is 17.6. The van der Waals surface area contributed by atoms with Gasteiger partial charge in [-0.2, -0.15) is 0 Å². The van der Waals surface area contributed by atoms with E-state index in [0.29, 0.717) is 30.3 Å². The molecule has 7 heteroatoms. The lowest BCUT2D eigenvalue weighted by Crippen LogP contribution is -2.37. The lowest BCUT2D eigenvalue weighted by atomic mass is 10.0. The van der Waals surface area contributed by atoms with Crippen molar-refractivity contribution in [1.29, 1.82) is 0 Å². The number of halogens is 1. The van der Waals surface area contributed by atoms with Gasteiger partial charge in [0.1, 0.15) is 0 Å². The third-order valence-electron chi connectivity index (χ3n) is 5.48. The van der Waals surface area contributed by atoms with Gasteiger partial charge in [0.05, 0.1) is 11.0 Å². The molecule has 1 aromatic heterocycles. The van der Waals surface area contributed by atoms with Gasteiger partial charge in [-0.15, -0.1) is 23.1 Å². The number of amides is 2. The fourth-order valence-electron chi connectivity index (χ4n) is 3.79. The first-order valence-corrected chi connectivity index (χ1v) is 12.9. The van der Waals surface area contributed by atoms with Gasteiger partial charge in [0.15, 0.2) is 0 Å². The largest absolute Gasteiger partial charge is 0.355 e. The third kappa shape index (κ3) is 5.94. The normalized spacial score (nSPS) is 14.0. The minimum atomic E-state index is -0.0588. The second-order valence-electron chi connectivity index (χ2n) is 7.69. The first-order valence-electron chi connectivity index (χ1n) is 10.6. The molecule has 0 saturated heterocycles. The maximum atomic E-state index is 12.5. The number of nitrogens with zero attached hydrogens (tertiary/aromatic N) is 1. The van der Waals surface area contributed by atoms with Crippen LogP contribution >= 0.6 is 34.7 Å². The number of carbonyl (C=O) groups is 2. The summed E-state index contributed by atoms with van der Waals surface area (Å²) in [6.45, 7) is 1.81. The van der Waals surface area contributed by atoms with E-state index in [4.69, 9.17) is 11.6 Å². The summed E-state index contributed by atoms with van der Waals surface area (Å²) in [5.41, 5.74) is 3.50. The summed E-state index contributed by atoms with van der Waals surface area (Å²) >= 11 is 9.38. The second-order valence-corrected chi connectivity index (χ2v) is 10.2. The first-order chi connectivity index (χ1) is 15.6. The first kappa shape index (κ1) is 22.9. The van der Waals surface area contributed by atoms with Gasteiger partial charge in [0.25, 0.3) is 0 Å². The molecule has 0 bridgehead atoms. The van der Waals surface area contributed by atoms with Gasteiger partial charge in [-0.05, 0) is 46.7 Å². The van der Waals surface area contributed by atoms with E-state index in [1.54, 1.807) is 23.1 Å². The average Bonchev–Trinajstić information content (AvgIpc) is 3.29. The Balaban J connectivity index is 1.26. The molecule has 0 spiro atoms. The molecule has 3 aromatic rings. The summed E-state index contributed by atoms with van der Waals surface area (Å²) in [6, 6.07) is 20.0. The zero-order valence-corrected chi connectivity index (χ0v) is 20.0. The van der Waals surface area contributed by atoms with Gasteiger partial charge < -0.3 is 10.2 Å². The molecular weight excluding hydrogens is 460 g/mol. The number of nitrogens with one attached hydrogen (secondary N) is 1. The van der Waals surface area contributed by atoms with Crippen molar-refractivity contribution >= 4 is 46.5 Å². The van der Waals surface area contributed by atoms with Crippen LogP contribution in [-0.4, -0.2) is 35.6 Å². The van der Waals surface area contributed by atoms with Crippen LogP contribution in [0.4, 0.5) is 0 Å². The Morgan fingerprint density at radius 2 is 1.81 bits per heavy atom. The summed E-state index contributed by atoms with van der Waals surface area (Å²) < 4.78 is 0. The highest BCUT2D eigenvalue weighted by Crippen LogP contribution is 2.35. The van der Waals surface area contributed by atoms with E-state index in [9.17, 15) is 9.59 Å². The monoisotopic (exact) mass is 484 g/mol. The van der Waals surface area contributed by atoms with Crippen LogP contribution in [0.25, 0.3) is 0 Å². The molecule has 1 atom stereocenters. The molecule has 32 heavy (non-hydrogen) atoms. The molecule has 1 aliphatic heterocycles. The van der Waals surface area contributed by atoms with Crippen molar-refractivity contribution in [3.05, 3.63) is 92.6 Å². The molecular formula is C25H25ClN2O2S2. The van der Waals surface area contributed by atoms with Crippen molar-refractivity contribution in [3.63, 3.8) is 0 Å². The summed E-state index contributed by atoms with van der Waals surface area (Å²) in [5.74, 6) is 0.354. The topological polar surface area (TPSA) is 49.4 Å². The van der Waals surface area contributed by atoms with Gasteiger partial charge in [-0.25, -0.2) is 0 Å². The van der Waals surface area contributed by atoms with Crippen LogP contribution in [0, 0.1) is 0 Å². The van der Waals surface area contributed by atoms with Crippen LogP contribution < -0.4 is 5.32 Å². The second kappa shape index (κ2) is 11.0. The summed E-state index contributed by atoms with van der Waals surface area (Å²) in [5, 5.41) is 5.72. The molecule has 4 nitrogen and oxygen atoms in total. The van der Waals surface area contributed by atoms with Crippen molar-refractivity contribution < 1.29 is 9.59 Å². The fourth-order valence-corrected chi connectivity index (χ4v) is 5.92. The van der Waals surface area contributed by atoms with Crippen LogP contribution in [0.3, 0.4) is 0 Å². The van der Waals surface area contributed by atoms with Crippen molar-refractivity contribution in [1.82, 2.24) is 10.2 Å². The maximum absolute atomic E-state index is 12.5. The van der Waals surface area contributed by atoms with Crippen molar-refractivity contribution in [3.8, 4) is 0 Å². The Hall–Kier alpha value is -2.28. The van der Waals surface area contributed by atoms with Gasteiger partial charge >= 0.3 is 0 Å². The van der Waals surface area contributed by atoms with Crippen molar-refractivity contribution in [2.24, 2.45) is 0 Å². The van der Waals surface area contributed by atoms with Gasteiger partial charge in [-0.3, -0.25) is 9.59 Å². The molecule has 1 unspecified atom stereocenters. The standard InChI is InChI=1S/C25H25ClN2O2S2/c26-21-8-6-19(7-9-21)25(18-4-2-1-3-5-18)32-17-23(29)27-13-10-24(30)28-14-11-22-20(16-28)12-15-31-22/h1-9,12,15,25H,10-11,13-14,16-17H2,(H,27,29). The van der Waals surface area contributed by atoms with Crippen LogP contribution in [0.2, 0.25) is 5.02 Å². The Bertz CT molecular complexity index is 1050.